The molecule has 1 rings (SSSR count). The summed E-state index contributed by atoms with van der Waals surface area (Å²) in [6.45, 7) is 3.51. The van der Waals surface area contributed by atoms with E-state index in [-0.39, 0.29) is 23.9 Å². The Morgan fingerprint density at radius 2 is 1.79 bits per heavy atom. The molecule has 7 heteroatoms. The minimum absolute atomic E-state index is 0. The SMILES string of the molecule is CC(C)[C@@H](O)[C@@H](N)c1cc(C(F)(F)F)ccc1Br.Cl. The summed E-state index contributed by atoms with van der Waals surface area (Å²) < 4.78 is 38.3. The second-order valence-electron chi connectivity index (χ2n) is 4.49. The highest BCUT2D eigenvalue weighted by atomic mass is 79.9. The van der Waals surface area contributed by atoms with Crippen LogP contribution in [0.25, 0.3) is 0 Å². The zero-order valence-electron chi connectivity index (χ0n) is 10.4. The molecule has 0 radical (unpaired) electrons. The maximum absolute atomic E-state index is 12.6. The second-order valence-corrected chi connectivity index (χ2v) is 5.35. The Morgan fingerprint density at radius 3 is 2.21 bits per heavy atom. The molecule has 110 valence electrons. The molecule has 0 aliphatic carbocycles. The maximum atomic E-state index is 12.6. The fourth-order valence-corrected chi connectivity index (χ4v) is 2.09. The molecule has 2 nitrogen and oxygen atoms in total. The molecule has 0 spiro atoms. The Bertz CT molecular complexity index is 426. The molecular formula is C12H16BrClF3NO. The summed E-state index contributed by atoms with van der Waals surface area (Å²) in [4.78, 5) is 0. The van der Waals surface area contributed by atoms with Crippen molar-refractivity contribution in [2.24, 2.45) is 11.7 Å². The second kappa shape index (κ2) is 6.92. The van der Waals surface area contributed by atoms with Gasteiger partial charge in [-0.1, -0.05) is 29.8 Å². The average molecular weight is 363 g/mol. The Kier molecular flexibility index (Phi) is 6.82. The molecule has 2 atom stereocenters. The summed E-state index contributed by atoms with van der Waals surface area (Å²) >= 11 is 3.16. The lowest BCUT2D eigenvalue weighted by Crippen LogP contribution is -2.31. The van der Waals surface area contributed by atoms with Crippen molar-refractivity contribution in [1.29, 1.82) is 0 Å². The van der Waals surface area contributed by atoms with Gasteiger partial charge in [-0.05, 0) is 29.7 Å². The molecule has 0 unspecified atom stereocenters. The molecule has 19 heavy (non-hydrogen) atoms. The lowest BCUT2D eigenvalue weighted by Gasteiger charge is -2.24. The van der Waals surface area contributed by atoms with Crippen molar-refractivity contribution < 1.29 is 18.3 Å². The van der Waals surface area contributed by atoms with Crippen molar-refractivity contribution in [3.8, 4) is 0 Å². The van der Waals surface area contributed by atoms with Crippen LogP contribution in [0.5, 0.6) is 0 Å². The largest absolute Gasteiger partial charge is 0.416 e. The molecule has 1 aromatic rings. The quantitative estimate of drug-likeness (QED) is 0.856. The van der Waals surface area contributed by atoms with Gasteiger partial charge < -0.3 is 10.8 Å². The van der Waals surface area contributed by atoms with E-state index in [0.717, 1.165) is 12.1 Å². The molecule has 0 amide bonds. The third-order valence-corrected chi connectivity index (χ3v) is 3.46. The van der Waals surface area contributed by atoms with Gasteiger partial charge in [0.05, 0.1) is 17.7 Å². The minimum atomic E-state index is -4.42. The lowest BCUT2D eigenvalue weighted by atomic mass is 9.93. The molecule has 0 bridgehead atoms. The number of halogens is 5. The molecule has 3 N–H and O–H groups in total. The number of benzene rings is 1. The summed E-state index contributed by atoms with van der Waals surface area (Å²) in [5, 5.41) is 9.84. The number of alkyl halides is 3. The number of aliphatic hydroxyl groups is 1. The Morgan fingerprint density at radius 1 is 1.26 bits per heavy atom. The summed E-state index contributed by atoms with van der Waals surface area (Å²) in [6.07, 6.45) is -5.32. The minimum Gasteiger partial charge on any atom is -0.391 e. The van der Waals surface area contributed by atoms with E-state index in [1.807, 2.05) is 0 Å². The first-order valence-corrected chi connectivity index (χ1v) is 6.24. The number of rotatable bonds is 3. The summed E-state index contributed by atoms with van der Waals surface area (Å²) in [6, 6.07) is 2.38. The number of hydrogen-bond donors (Lipinski definition) is 2. The maximum Gasteiger partial charge on any atom is 0.416 e. The van der Waals surface area contributed by atoms with Gasteiger partial charge in [0, 0.05) is 4.47 Å². The lowest BCUT2D eigenvalue weighted by molar-refractivity contribution is -0.137. The van der Waals surface area contributed by atoms with Crippen LogP contribution in [-0.4, -0.2) is 11.2 Å². The normalized spacial score (nSPS) is 15.0. The molecule has 0 saturated carbocycles. The van der Waals surface area contributed by atoms with E-state index in [0.29, 0.717) is 4.47 Å². The van der Waals surface area contributed by atoms with Gasteiger partial charge in [-0.25, -0.2) is 0 Å². The zero-order valence-corrected chi connectivity index (χ0v) is 12.8. The molecule has 0 saturated heterocycles. The van der Waals surface area contributed by atoms with Crippen molar-refractivity contribution >= 4 is 28.3 Å². The third kappa shape index (κ3) is 4.63. The molecule has 0 fully saturated rings. The highest BCUT2D eigenvalue weighted by molar-refractivity contribution is 9.10. The van der Waals surface area contributed by atoms with Crippen molar-refractivity contribution in [2.45, 2.75) is 32.2 Å². The Balaban J connectivity index is 0.00000324. The molecule has 0 aliphatic heterocycles. The molecule has 1 aromatic carbocycles. The topological polar surface area (TPSA) is 46.2 Å². The predicted octanol–water partition coefficient (Wildman–Crippen LogP) is 3.91. The van der Waals surface area contributed by atoms with Crippen LogP contribution in [0, 0.1) is 5.92 Å². The molecule has 0 heterocycles. The van der Waals surface area contributed by atoms with E-state index < -0.39 is 23.9 Å². The van der Waals surface area contributed by atoms with Gasteiger partial charge in [-0.15, -0.1) is 12.4 Å². The first-order chi connectivity index (χ1) is 8.14. The predicted molar refractivity (Wildman–Crippen MR) is 74.2 cm³/mol. The molecule has 0 aliphatic rings. The monoisotopic (exact) mass is 361 g/mol. The van der Waals surface area contributed by atoms with Gasteiger partial charge in [0.25, 0.3) is 0 Å². The summed E-state index contributed by atoms with van der Waals surface area (Å²) in [5.41, 5.74) is 5.29. The molecular weight excluding hydrogens is 346 g/mol. The van der Waals surface area contributed by atoms with E-state index in [1.165, 1.54) is 6.07 Å². The zero-order chi connectivity index (χ0) is 14.1. The van der Waals surface area contributed by atoms with Gasteiger partial charge in [-0.2, -0.15) is 13.2 Å². The third-order valence-electron chi connectivity index (χ3n) is 2.73. The van der Waals surface area contributed by atoms with Crippen LogP contribution in [0.15, 0.2) is 22.7 Å². The van der Waals surface area contributed by atoms with Crippen LogP contribution in [0.3, 0.4) is 0 Å². The van der Waals surface area contributed by atoms with Crippen molar-refractivity contribution in [3.05, 3.63) is 33.8 Å². The summed E-state index contributed by atoms with van der Waals surface area (Å²) in [7, 11) is 0. The van der Waals surface area contributed by atoms with Crippen LogP contribution >= 0.6 is 28.3 Å². The standard InChI is InChI=1S/C12H15BrF3NO.ClH/c1-6(2)11(18)10(17)8-5-7(12(14,15)16)3-4-9(8)13;/h3-6,10-11,18H,17H2,1-2H3;1H/t10-,11+;/m0./s1. The summed E-state index contributed by atoms with van der Waals surface area (Å²) in [5.74, 6) is -0.138. The van der Waals surface area contributed by atoms with E-state index in [9.17, 15) is 18.3 Å². The smallest absolute Gasteiger partial charge is 0.391 e. The van der Waals surface area contributed by atoms with Gasteiger partial charge >= 0.3 is 6.18 Å². The number of aliphatic hydroxyl groups excluding tert-OH is 1. The van der Waals surface area contributed by atoms with E-state index in [2.05, 4.69) is 15.9 Å². The van der Waals surface area contributed by atoms with Gasteiger partial charge in [0.15, 0.2) is 0 Å². The van der Waals surface area contributed by atoms with Crippen LogP contribution in [0.1, 0.15) is 31.0 Å². The molecule has 0 aromatic heterocycles. The Hall–Kier alpha value is -0.300. The first-order valence-electron chi connectivity index (χ1n) is 5.45. The fourth-order valence-electron chi connectivity index (χ4n) is 1.57. The van der Waals surface area contributed by atoms with Gasteiger partial charge in [0.2, 0.25) is 0 Å². The fraction of sp³-hybridized carbons (Fsp3) is 0.500. The van der Waals surface area contributed by atoms with E-state index in [1.54, 1.807) is 13.8 Å². The average Bonchev–Trinajstić information content (AvgIpc) is 2.26. The van der Waals surface area contributed by atoms with Gasteiger partial charge in [-0.3, -0.25) is 0 Å². The van der Waals surface area contributed by atoms with Crippen molar-refractivity contribution in [3.63, 3.8) is 0 Å². The number of nitrogens with two attached hydrogens (primary N) is 1. The van der Waals surface area contributed by atoms with Crippen LogP contribution in [0.4, 0.5) is 13.2 Å². The highest BCUT2D eigenvalue weighted by Crippen LogP contribution is 2.34. The van der Waals surface area contributed by atoms with Crippen LogP contribution in [-0.2, 0) is 6.18 Å². The van der Waals surface area contributed by atoms with Gasteiger partial charge in [0.1, 0.15) is 0 Å². The van der Waals surface area contributed by atoms with Crippen molar-refractivity contribution in [2.75, 3.05) is 0 Å². The van der Waals surface area contributed by atoms with Crippen LogP contribution < -0.4 is 5.73 Å². The van der Waals surface area contributed by atoms with E-state index >= 15 is 0 Å². The highest BCUT2D eigenvalue weighted by Gasteiger charge is 2.32. The number of hydrogen-bond acceptors (Lipinski definition) is 2. The first kappa shape index (κ1) is 18.7. The van der Waals surface area contributed by atoms with E-state index in [4.69, 9.17) is 5.73 Å². The van der Waals surface area contributed by atoms with Crippen molar-refractivity contribution in [1.82, 2.24) is 0 Å². The Labute approximate surface area is 124 Å². The van der Waals surface area contributed by atoms with Crippen LogP contribution in [0.2, 0.25) is 0 Å².